The molecule has 3 rings (SSSR count). The summed E-state index contributed by atoms with van der Waals surface area (Å²) in [7, 11) is 0. The Balaban J connectivity index is 2.04. The monoisotopic (exact) mass is 385 g/mol. The molecule has 0 radical (unpaired) electrons. The second kappa shape index (κ2) is 8.26. The van der Waals surface area contributed by atoms with E-state index < -0.39 is 0 Å². The Hall–Kier alpha value is -2.49. The summed E-state index contributed by atoms with van der Waals surface area (Å²) < 4.78 is 6.04. The van der Waals surface area contributed by atoms with Crippen molar-refractivity contribution in [2.75, 3.05) is 5.32 Å². The molecule has 0 fully saturated rings. The van der Waals surface area contributed by atoms with Crippen LogP contribution in [-0.2, 0) is 11.4 Å². The largest absolute Gasteiger partial charge is 0.488 e. The third-order valence-electron chi connectivity index (χ3n) is 3.77. The molecule has 0 bridgehead atoms. The minimum Gasteiger partial charge on any atom is -0.488 e. The van der Waals surface area contributed by atoms with Gasteiger partial charge in [0.05, 0.1) is 10.7 Å². The first kappa shape index (κ1) is 18.3. The Bertz CT molecular complexity index is 927. The third-order valence-corrected chi connectivity index (χ3v) is 4.32. The van der Waals surface area contributed by atoms with Crippen LogP contribution in [0.2, 0.25) is 10.0 Å². The number of halogens is 2. The van der Waals surface area contributed by atoms with Gasteiger partial charge >= 0.3 is 0 Å². The second-order valence-electron chi connectivity index (χ2n) is 5.76. The number of hydrogen-bond acceptors (Lipinski definition) is 2. The zero-order valence-electron chi connectivity index (χ0n) is 14.1. The molecule has 5 heteroatoms. The van der Waals surface area contributed by atoms with E-state index in [-0.39, 0.29) is 5.91 Å². The SMILES string of the molecule is CC(=O)Nc1cccc(OCc2ccccc2)c1-c1ccc(Cl)cc1Cl. The molecule has 0 saturated heterocycles. The average Bonchev–Trinajstić information content (AvgIpc) is 2.61. The lowest BCUT2D eigenvalue weighted by atomic mass is 10.0. The predicted octanol–water partition coefficient (Wildman–Crippen LogP) is 6.20. The van der Waals surface area contributed by atoms with Gasteiger partial charge in [0.15, 0.2) is 0 Å². The lowest BCUT2D eigenvalue weighted by Gasteiger charge is -2.17. The average molecular weight is 386 g/mol. The van der Waals surface area contributed by atoms with Crippen molar-refractivity contribution in [3.63, 3.8) is 0 Å². The Kier molecular flexibility index (Phi) is 5.82. The molecule has 0 aliphatic carbocycles. The van der Waals surface area contributed by atoms with Crippen molar-refractivity contribution < 1.29 is 9.53 Å². The quantitative estimate of drug-likeness (QED) is 0.567. The molecular weight excluding hydrogens is 369 g/mol. The summed E-state index contributed by atoms with van der Waals surface area (Å²) in [5.41, 5.74) is 3.14. The topological polar surface area (TPSA) is 38.3 Å². The number of hydrogen-bond donors (Lipinski definition) is 1. The third kappa shape index (κ3) is 4.37. The summed E-state index contributed by atoms with van der Waals surface area (Å²) in [4.78, 5) is 11.6. The number of benzene rings is 3. The fraction of sp³-hybridized carbons (Fsp3) is 0.0952. The van der Waals surface area contributed by atoms with Gasteiger partial charge in [-0.25, -0.2) is 0 Å². The first-order valence-electron chi connectivity index (χ1n) is 8.07. The van der Waals surface area contributed by atoms with E-state index in [2.05, 4.69) is 5.32 Å². The molecule has 26 heavy (non-hydrogen) atoms. The van der Waals surface area contributed by atoms with E-state index in [9.17, 15) is 4.79 Å². The Labute approximate surface area is 162 Å². The highest BCUT2D eigenvalue weighted by atomic mass is 35.5. The van der Waals surface area contributed by atoms with E-state index in [4.69, 9.17) is 27.9 Å². The van der Waals surface area contributed by atoms with Crippen molar-refractivity contribution in [1.82, 2.24) is 0 Å². The Morgan fingerprint density at radius 2 is 1.77 bits per heavy atom. The first-order chi connectivity index (χ1) is 12.5. The van der Waals surface area contributed by atoms with Gasteiger partial charge in [-0.1, -0.05) is 65.7 Å². The van der Waals surface area contributed by atoms with Gasteiger partial charge in [-0.2, -0.15) is 0 Å². The summed E-state index contributed by atoms with van der Waals surface area (Å²) in [6, 6.07) is 20.6. The molecule has 0 aliphatic heterocycles. The zero-order chi connectivity index (χ0) is 18.5. The number of rotatable bonds is 5. The summed E-state index contributed by atoms with van der Waals surface area (Å²) >= 11 is 12.4. The number of amides is 1. The molecule has 3 aromatic rings. The van der Waals surface area contributed by atoms with Gasteiger partial charge in [0.1, 0.15) is 12.4 Å². The molecule has 0 aliphatic rings. The standard InChI is InChI=1S/C21H17Cl2NO2/c1-14(25)24-19-8-5-9-20(26-13-15-6-3-2-4-7-15)21(19)17-11-10-16(22)12-18(17)23/h2-12H,13H2,1H3,(H,24,25). The van der Waals surface area contributed by atoms with Crippen molar-refractivity contribution >= 4 is 34.8 Å². The molecule has 0 heterocycles. The van der Waals surface area contributed by atoms with Crippen LogP contribution in [0.3, 0.4) is 0 Å². The number of carbonyl (C=O) groups excluding carboxylic acids is 1. The molecule has 0 saturated carbocycles. The lowest BCUT2D eigenvalue weighted by molar-refractivity contribution is -0.114. The highest BCUT2D eigenvalue weighted by Crippen LogP contribution is 2.41. The van der Waals surface area contributed by atoms with E-state index in [0.717, 1.165) is 16.7 Å². The Morgan fingerprint density at radius 3 is 2.46 bits per heavy atom. The van der Waals surface area contributed by atoms with Crippen molar-refractivity contribution in [3.8, 4) is 16.9 Å². The summed E-state index contributed by atoms with van der Waals surface area (Å²) in [6.45, 7) is 1.87. The van der Waals surface area contributed by atoms with E-state index in [1.165, 1.54) is 6.92 Å². The minimum absolute atomic E-state index is 0.170. The van der Waals surface area contributed by atoms with Gasteiger partial charge in [0.25, 0.3) is 0 Å². The lowest BCUT2D eigenvalue weighted by Crippen LogP contribution is -2.08. The van der Waals surface area contributed by atoms with Crippen LogP contribution in [0.15, 0.2) is 66.7 Å². The van der Waals surface area contributed by atoms with Crippen LogP contribution < -0.4 is 10.1 Å². The predicted molar refractivity (Wildman–Crippen MR) is 107 cm³/mol. The maximum absolute atomic E-state index is 11.6. The van der Waals surface area contributed by atoms with Crippen LogP contribution in [0.5, 0.6) is 5.75 Å². The molecular formula is C21H17Cl2NO2. The van der Waals surface area contributed by atoms with E-state index in [1.54, 1.807) is 12.1 Å². The molecule has 0 unspecified atom stereocenters. The maximum Gasteiger partial charge on any atom is 0.221 e. The molecule has 0 spiro atoms. The molecule has 132 valence electrons. The smallest absolute Gasteiger partial charge is 0.221 e. The maximum atomic E-state index is 11.6. The Morgan fingerprint density at radius 1 is 1.00 bits per heavy atom. The van der Waals surface area contributed by atoms with Gasteiger partial charge in [0, 0.05) is 23.1 Å². The zero-order valence-corrected chi connectivity index (χ0v) is 15.6. The van der Waals surface area contributed by atoms with Gasteiger partial charge in [-0.15, -0.1) is 0 Å². The molecule has 0 atom stereocenters. The molecule has 3 aromatic carbocycles. The normalized spacial score (nSPS) is 10.4. The van der Waals surface area contributed by atoms with Crippen LogP contribution in [0.4, 0.5) is 5.69 Å². The minimum atomic E-state index is -0.170. The van der Waals surface area contributed by atoms with Crippen molar-refractivity contribution in [3.05, 3.63) is 82.3 Å². The molecule has 3 nitrogen and oxygen atoms in total. The molecule has 0 aromatic heterocycles. The van der Waals surface area contributed by atoms with Gasteiger partial charge in [0.2, 0.25) is 5.91 Å². The van der Waals surface area contributed by atoms with E-state index in [0.29, 0.717) is 28.1 Å². The van der Waals surface area contributed by atoms with Crippen LogP contribution >= 0.6 is 23.2 Å². The van der Waals surface area contributed by atoms with Crippen LogP contribution in [-0.4, -0.2) is 5.91 Å². The summed E-state index contributed by atoms with van der Waals surface area (Å²) in [6.07, 6.45) is 0. The fourth-order valence-electron chi connectivity index (χ4n) is 2.65. The number of nitrogens with one attached hydrogen (secondary N) is 1. The number of carbonyl (C=O) groups is 1. The first-order valence-corrected chi connectivity index (χ1v) is 8.83. The summed E-state index contributed by atoms with van der Waals surface area (Å²) in [5.74, 6) is 0.459. The van der Waals surface area contributed by atoms with Gasteiger partial charge in [-0.05, 0) is 29.8 Å². The van der Waals surface area contributed by atoms with Crippen molar-refractivity contribution in [1.29, 1.82) is 0 Å². The molecule has 1 amide bonds. The van der Waals surface area contributed by atoms with Crippen molar-refractivity contribution in [2.45, 2.75) is 13.5 Å². The van der Waals surface area contributed by atoms with E-state index in [1.807, 2.05) is 54.6 Å². The second-order valence-corrected chi connectivity index (χ2v) is 6.60. The highest BCUT2D eigenvalue weighted by molar-refractivity contribution is 6.36. The van der Waals surface area contributed by atoms with Gasteiger partial charge < -0.3 is 10.1 Å². The van der Waals surface area contributed by atoms with Crippen molar-refractivity contribution in [2.24, 2.45) is 0 Å². The van der Waals surface area contributed by atoms with Crippen LogP contribution in [0.1, 0.15) is 12.5 Å². The summed E-state index contributed by atoms with van der Waals surface area (Å²) in [5, 5.41) is 3.87. The number of ether oxygens (including phenoxy) is 1. The van der Waals surface area contributed by atoms with Gasteiger partial charge in [-0.3, -0.25) is 4.79 Å². The van der Waals surface area contributed by atoms with Crippen LogP contribution in [0, 0.1) is 0 Å². The fourth-order valence-corrected chi connectivity index (χ4v) is 3.15. The van der Waals surface area contributed by atoms with E-state index >= 15 is 0 Å². The highest BCUT2D eigenvalue weighted by Gasteiger charge is 2.16. The molecule has 1 N–H and O–H groups in total. The van der Waals surface area contributed by atoms with Crippen LogP contribution in [0.25, 0.3) is 11.1 Å². The number of anilines is 1.